The average Bonchev–Trinajstić information content (AvgIpc) is 3.00. The van der Waals surface area contributed by atoms with Crippen LogP contribution in [0.25, 0.3) is 0 Å². The fourth-order valence-corrected chi connectivity index (χ4v) is 5.22. The van der Waals surface area contributed by atoms with Crippen LogP contribution in [0.5, 0.6) is 5.75 Å². The van der Waals surface area contributed by atoms with Crippen LogP contribution >= 0.6 is 28.7 Å². The predicted molar refractivity (Wildman–Crippen MR) is 117 cm³/mol. The maximum absolute atomic E-state index is 11.9. The van der Waals surface area contributed by atoms with Gasteiger partial charge in [0.1, 0.15) is 5.75 Å². The van der Waals surface area contributed by atoms with Gasteiger partial charge in [-0.25, -0.2) is 0 Å². The molecule has 27 heavy (non-hydrogen) atoms. The maximum Gasteiger partial charge on any atom is 0.178 e. The van der Waals surface area contributed by atoms with Crippen molar-refractivity contribution in [3.05, 3.63) is 65.7 Å². The number of thioether (sulfide) groups is 1. The second-order valence-electron chi connectivity index (χ2n) is 6.76. The molecule has 2 aromatic carbocycles. The van der Waals surface area contributed by atoms with Crippen LogP contribution in [0.2, 0.25) is 0 Å². The van der Waals surface area contributed by atoms with Crippen LogP contribution in [0.4, 0.5) is 0 Å². The van der Waals surface area contributed by atoms with Crippen molar-refractivity contribution in [2.24, 2.45) is 4.99 Å². The van der Waals surface area contributed by atoms with E-state index in [1.54, 1.807) is 18.9 Å². The average molecular weight is 449 g/mol. The molecule has 0 saturated carbocycles. The van der Waals surface area contributed by atoms with Crippen LogP contribution in [0.3, 0.4) is 0 Å². The molecule has 0 amide bonds. The molecule has 2 heterocycles. The Morgan fingerprint density at radius 2 is 2.04 bits per heavy atom. The van der Waals surface area contributed by atoms with Crippen molar-refractivity contribution in [1.82, 2.24) is 4.90 Å². The van der Waals surface area contributed by atoms with Crippen LogP contribution in [0.15, 0.2) is 59.6 Å². The molecule has 1 N–H and O–H groups in total. The van der Waals surface area contributed by atoms with Gasteiger partial charge in [0.2, 0.25) is 0 Å². The van der Waals surface area contributed by atoms with Gasteiger partial charge in [-0.1, -0.05) is 54.2 Å². The summed E-state index contributed by atoms with van der Waals surface area (Å²) in [4.78, 5) is 6.76. The lowest BCUT2D eigenvalue weighted by Gasteiger charge is -2.39. The van der Waals surface area contributed by atoms with Crippen molar-refractivity contribution in [2.75, 3.05) is 20.2 Å². The van der Waals surface area contributed by atoms with E-state index in [0.717, 1.165) is 48.8 Å². The number of hydrogen-bond donors (Lipinski definition) is 1. The van der Waals surface area contributed by atoms with E-state index >= 15 is 0 Å². The number of fused-ring (bicyclic) bond motifs is 1. The number of aryl methyl sites for hydroxylation is 1. The van der Waals surface area contributed by atoms with Crippen LogP contribution in [-0.2, 0) is 12.1 Å². The Hall–Kier alpha value is -1.50. The second kappa shape index (κ2) is 8.67. The third kappa shape index (κ3) is 3.89. The molecule has 0 aromatic heterocycles. The van der Waals surface area contributed by atoms with E-state index in [1.165, 1.54) is 5.56 Å². The summed E-state index contributed by atoms with van der Waals surface area (Å²) in [7, 11) is 1.66. The highest BCUT2D eigenvalue weighted by Crippen LogP contribution is 2.48. The van der Waals surface area contributed by atoms with Crippen LogP contribution in [-0.4, -0.2) is 40.6 Å². The SMILES string of the molecule is Br.COc1cccc(C2(O)C(CCc3ccccc3)SC3=NCCCN32)c1. The summed E-state index contributed by atoms with van der Waals surface area (Å²) in [5, 5.41) is 12.9. The first-order valence-electron chi connectivity index (χ1n) is 9.11. The van der Waals surface area contributed by atoms with Gasteiger partial charge in [-0.05, 0) is 37.0 Å². The summed E-state index contributed by atoms with van der Waals surface area (Å²) in [5.74, 6) is 0.769. The lowest BCUT2D eigenvalue weighted by Crippen LogP contribution is -2.50. The quantitative estimate of drug-likeness (QED) is 0.742. The predicted octanol–water partition coefficient (Wildman–Crippen LogP) is 4.23. The van der Waals surface area contributed by atoms with Gasteiger partial charge < -0.3 is 14.7 Å². The number of nitrogens with zero attached hydrogens (tertiary/aromatic N) is 2. The fraction of sp³-hybridized carbons (Fsp3) is 0.381. The van der Waals surface area contributed by atoms with Gasteiger partial charge in [0, 0.05) is 18.7 Å². The molecule has 2 aliphatic heterocycles. The van der Waals surface area contributed by atoms with Crippen LogP contribution < -0.4 is 4.74 Å². The first-order chi connectivity index (χ1) is 12.7. The number of aliphatic imine (C=N–C) groups is 1. The summed E-state index contributed by atoms with van der Waals surface area (Å²) >= 11 is 1.71. The van der Waals surface area contributed by atoms with E-state index in [2.05, 4.69) is 34.2 Å². The van der Waals surface area contributed by atoms with Gasteiger partial charge in [0.25, 0.3) is 0 Å². The Kier molecular flexibility index (Phi) is 6.50. The number of benzene rings is 2. The van der Waals surface area contributed by atoms with Gasteiger partial charge in [0.05, 0.1) is 12.4 Å². The molecule has 2 aliphatic rings. The van der Waals surface area contributed by atoms with Crippen molar-refractivity contribution < 1.29 is 9.84 Å². The minimum atomic E-state index is -1.05. The van der Waals surface area contributed by atoms with Crippen molar-refractivity contribution in [3.8, 4) is 5.75 Å². The van der Waals surface area contributed by atoms with Crippen LogP contribution in [0, 0.1) is 0 Å². The zero-order valence-electron chi connectivity index (χ0n) is 15.4. The topological polar surface area (TPSA) is 45.1 Å². The number of ether oxygens (including phenoxy) is 1. The summed E-state index contributed by atoms with van der Waals surface area (Å²) in [5.41, 5.74) is 1.13. The number of aliphatic hydroxyl groups is 1. The Morgan fingerprint density at radius 3 is 2.81 bits per heavy atom. The minimum Gasteiger partial charge on any atom is -0.497 e. The molecular weight excluding hydrogens is 424 g/mol. The summed E-state index contributed by atoms with van der Waals surface area (Å²) in [6.45, 7) is 1.68. The molecule has 2 unspecified atom stereocenters. The first-order valence-corrected chi connectivity index (χ1v) is 9.99. The van der Waals surface area contributed by atoms with E-state index in [9.17, 15) is 5.11 Å². The molecule has 6 heteroatoms. The second-order valence-corrected chi connectivity index (χ2v) is 7.93. The third-order valence-corrected chi connectivity index (χ3v) is 6.57. The van der Waals surface area contributed by atoms with E-state index in [1.807, 2.05) is 30.3 Å². The minimum absolute atomic E-state index is 0. The zero-order chi connectivity index (χ0) is 18.0. The largest absolute Gasteiger partial charge is 0.497 e. The molecule has 4 nitrogen and oxygen atoms in total. The van der Waals surface area contributed by atoms with E-state index in [0.29, 0.717) is 0 Å². The first kappa shape index (κ1) is 20.2. The summed E-state index contributed by atoms with van der Waals surface area (Å²) < 4.78 is 5.39. The van der Waals surface area contributed by atoms with Crippen LogP contribution in [0.1, 0.15) is 24.0 Å². The van der Waals surface area contributed by atoms with Gasteiger partial charge in [-0.3, -0.25) is 4.99 Å². The molecule has 144 valence electrons. The lowest BCUT2D eigenvalue weighted by atomic mass is 9.93. The summed E-state index contributed by atoms with van der Waals surface area (Å²) in [6, 6.07) is 18.3. The molecule has 2 atom stereocenters. The molecule has 0 bridgehead atoms. The monoisotopic (exact) mass is 448 g/mol. The lowest BCUT2D eigenvalue weighted by molar-refractivity contribution is -0.0736. The van der Waals surface area contributed by atoms with E-state index in [4.69, 9.17) is 4.74 Å². The molecular formula is C21H25BrN2O2S. The maximum atomic E-state index is 11.9. The van der Waals surface area contributed by atoms with Gasteiger partial charge in [0.15, 0.2) is 10.9 Å². The highest BCUT2D eigenvalue weighted by Gasteiger charge is 2.52. The van der Waals surface area contributed by atoms with Gasteiger partial charge in [-0.15, -0.1) is 17.0 Å². The van der Waals surface area contributed by atoms with Gasteiger partial charge in [-0.2, -0.15) is 0 Å². The van der Waals surface area contributed by atoms with Crippen molar-refractivity contribution in [3.63, 3.8) is 0 Å². The van der Waals surface area contributed by atoms with Gasteiger partial charge >= 0.3 is 0 Å². The molecule has 2 aromatic rings. The smallest absolute Gasteiger partial charge is 0.178 e. The number of hydrogen-bond acceptors (Lipinski definition) is 5. The number of rotatable bonds is 5. The molecule has 0 spiro atoms. The molecule has 1 fully saturated rings. The van der Waals surface area contributed by atoms with E-state index in [-0.39, 0.29) is 22.2 Å². The van der Waals surface area contributed by atoms with Crippen molar-refractivity contribution in [1.29, 1.82) is 0 Å². The molecule has 0 aliphatic carbocycles. The molecule has 1 saturated heterocycles. The molecule has 4 rings (SSSR count). The Balaban J connectivity index is 0.00000210. The Morgan fingerprint density at radius 1 is 1.22 bits per heavy atom. The zero-order valence-corrected chi connectivity index (χ0v) is 17.9. The third-order valence-electron chi connectivity index (χ3n) is 5.16. The normalized spacial score (nSPS) is 24.0. The number of methoxy groups -OCH3 is 1. The number of amidine groups is 1. The Bertz CT molecular complexity index is 802. The van der Waals surface area contributed by atoms with E-state index < -0.39 is 5.72 Å². The van der Waals surface area contributed by atoms with Crippen molar-refractivity contribution >= 4 is 33.9 Å². The molecule has 0 radical (unpaired) electrons. The summed E-state index contributed by atoms with van der Waals surface area (Å²) in [6.07, 6.45) is 2.80. The standard InChI is InChI=1S/C21H24N2O2S.BrH/c1-25-18-10-5-9-17(15-18)21(24)19(12-11-16-7-3-2-4-8-16)26-20-22-13-6-14-23(20)21;/h2-5,7-10,15,19,24H,6,11-14H2,1H3;1H. The highest BCUT2D eigenvalue weighted by atomic mass is 79.9. The van der Waals surface area contributed by atoms with Crippen molar-refractivity contribution in [2.45, 2.75) is 30.2 Å². The number of halogens is 1. The highest BCUT2D eigenvalue weighted by molar-refractivity contribution is 8.93. The Labute approximate surface area is 175 Å². The fourth-order valence-electron chi connectivity index (χ4n) is 3.78.